The van der Waals surface area contributed by atoms with Crippen LogP contribution in [0.2, 0.25) is 0 Å². The first kappa shape index (κ1) is 15.9. The number of nitrogens with one attached hydrogen (secondary N) is 3. The molecule has 0 saturated carbocycles. The molecule has 0 aromatic carbocycles. The van der Waals surface area contributed by atoms with Crippen molar-refractivity contribution in [3.8, 4) is 0 Å². The van der Waals surface area contributed by atoms with E-state index in [0.29, 0.717) is 0 Å². The van der Waals surface area contributed by atoms with Crippen LogP contribution in [0.15, 0.2) is 0 Å². The summed E-state index contributed by atoms with van der Waals surface area (Å²) in [7, 11) is 0. The molecule has 5 heteroatoms. The number of aliphatic hydroxyl groups excluding tert-OH is 1. The van der Waals surface area contributed by atoms with Gasteiger partial charge in [-0.1, -0.05) is 0 Å². The molecule has 0 bridgehead atoms. The van der Waals surface area contributed by atoms with Crippen molar-refractivity contribution in [2.24, 2.45) is 0 Å². The topological polar surface area (TPSA) is 59.6 Å². The van der Waals surface area contributed by atoms with Crippen molar-refractivity contribution >= 4 is 0 Å². The van der Waals surface area contributed by atoms with E-state index < -0.39 is 0 Å². The quantitative estimate of drug-likeness (QED) is 0.524. The largest absolute Gasteiger partial charge is 0.392 e. The predicted molar refractivity (Wildman–Crippen MR) is 76.0 cm³/mol. The minimum absolute atomic E-state index is 0.235. The van der Waals surface area contributed by atoms with Gasteiger partial charge in [-0.2, -0.15) is 0 Å². The van der Waals surface area contributed by atoms with E-state index in [2.05, 4.69) is 20.9 Å². The SMILES string of the molecule is CC(O)CN1CCCNCCNCCCNCC1. The fourth-order valence-corrected chi connectivity index (χ4v) is 2.22. The third kappa shape index (κ3) is 8.83. The third-order valence-corrected chi connectivity index (χ3v) is 3.14. The Morgan fingerprint density at radius 3 is 2.17 bits per heavy atom. The van der Waals surface area contributed by atoms with E-state index in [1.54, 1.807) is 0 Å². The van der Waals surface area contributed by atoms with E-state index in [1.165, 1.54) is 6.42 Å². The molecule has 1 aliphatic rings. The molecule has 0 aromatic heterocycles. The van der Waals surface area contributed by atoms with E-state index in [4.69, 9.17) is 0 Å². The maximum atomic E-state index is 9.49. The Morgan fingerprint density at radius 2 is 1.50 bits per heavy atom. The third-order valence-electron chi connectivity index (χ3n) is 3.14. The van der Waals surface area contributed by atoms with Gasteiger partial charge in [0.25, 0.3) is 0 Å². The first-order valence-electron chi connectivity index (χ1n) is 7.31. The van der Waals surface area contributed by atoms with Crippen molar-refractivity contribution in [1.82, 2.24) is 20.9 Å². The van der Waals surface area contributed by atoms with Gasteiger partial charge in [-0.3, -0.25) is 4.90 Å². The van der Waals surface area contributed by atoms with Gasteiger partial charge < -0.3 is 21.1 Å². The van der Waals surface area contributed by atoms with Gasteiger partial charge in [-0.15, -0.1) is 0 Å². The van der Waals surface area contributed by atoms with E-state index in [0.717, 1.165) is 65.3 Å². The zero-order chi connectivity index (χ0) is 13.1. The van der Waals surface area contributed by atoms with E-state index in [-0.39, 0.29) is 6.10 Å². The summed E-state index contributed by atoms with van der Waals surface area (Å²) in [5.74, 6) is 0. The fraction of sp³-hybridized carbons (Fsp3) is 1.00. The molecule has 1 rings (SSSR count). The number of β-amino-alcohol motifs (C(OH)–C–C–N with tert-alkyl or cyclic N) is 1. The van der Waals surface area contributed by atoms with Crippen LogP contribution in [0.4, 0.5) is 0 Å². The van der Waals surface area contributed by atoms with E-state index in [9.17, 15) is 5.11 Å². The monoisotopic (exact) mass is 258 g/mol. The maximum Gasteiger partial charge on any atom is 0.0639 e. The number of nitrogens with zero attached hydrogens (tertiary/aromatic N) is 1. The lowest BCUT2D eigenvalue weighted by Crippen LogP contribution is -2.39. The first-order chi connectivity index (χ1) is 8.79. The summed E-state index contributed by atoms with van der Waals surface area (Å²) in [6.07, 6.45) is 2.09. The molecule has 4 N–H and O–H groups in total. The Balaban J connectivity index is 2.24. The molecule has 1 aliphatic heterocycles. The normalized spacial score (nSPS) is 24.3. The van der Waals surface area contributed by atoms with Gasteiger partial charge in [0.1, 0.15) is 0 Å². The molecule has 0 radical (unpaired) electrons. The Hall–Kier alpha value is -0.200. The highest BCUT2D eigenvalue weighted by atomic mass is 16.3. The molecule has 5 nitrogen and oxygen atoms in total. The second kappa shape index (κ2) is 10.7. The molecule has 0 aliphatic carbocycles. The standard InChI is InChI=1S/C13H30N4O/c1-13(18)12-17-10-3-6-15-8-7-14-4-2-5-16-9-11-17/h13-16,18H,2-12H2,1H3. The highest BCUT2D eigenvalue weighted by molar-refractivity contribution is 4.65. The molecular formula is C13H30N4O. The van der Waals surface area contributed by atoms with Gasteiger partial charge in [0.2, 0.25) is 0 Å². The van der Waals surface area contributed by atoms with Gasteiger partial charge in [0, 0.05) is 32.7 Å². The summed E-state index contributed by atoms with van der Waals surface area (Å²) >= 11 is 0. The predicted octanol–water partition coefficient (Wildman–Crippen LogP) is -0.768. The summed E-state index contributed by atoms with van der Waals surface area (Å²) in [5, 5.41) is 19.8. The van der Waals surface area contributed by atoms with Crippen LogP contribution < -0.4 is 16.0 Å². The average molecular weight is 258 g/mol. The Kier molecular flexibility index (Phi) is 9.42. The molecule has 1 heterocycles. The smallest absolute Gasteiger partial charge is 0.0639 e. The molecule has 0 aromatic rings. The van der Waals surface area contributed by atoms with Crippen molar-refractivity contribution in [3.05, 3.63) is 0 Å². The lowest BCUT2D eigenvalue weighted by Gasteiger charge is -2.24. The number of hydrogen-bond acceptors (Lipinski definition) is 5. The van der Waals surface area contributed by atoms with Gasteiger partial charge in [0.05, 0.1) is 6.10 Å². The van der Waals surface area contributed by atoms with Crippen molar-refractivity contribution in [2.75, 3.05) is 58.9 Å². The van der Waals surface area contributed by atoms with Crippen LogP contribution in [0, 0.1) is 0 Å². The Labute approximate surface area is 111 Å². The van der Waals surface area contributed by atoms with Crippen LogP contribution in [0.5, 0.6) is 0 Å². The molecular weight excluding hydrogens is 228 g/mol. The summed E-state index contributed by atoms with van der Waals surface area (Å²) in [6, 6.07) is 0. The molecule has 1 fully saturated rings. The van der Waals surface area contributed by atoms with Crippen LogP contribution in [-0.4, -0.2) is 75.0 Å². The van der Waals surface area contributed by atoms with Crippen LogP contribution in [-0.2, 0) is 0 Å². The number of aliphatic hydroxyl groups is 1. The van der Waals surface area contributed by atoms with Gasteiger partial charge >= 0.3 is 0 Å². The molecule has 1 unspecified atom stereocenters. The average Bonchev–Trinajstić information content (AvgIpc) is 2.33. The highest BCUT2D eigenvalue weighted by Crippen LogP contribution is 1.94. The summed E-state index contributed by atoms with van der Waals surface area (Å²) in [5.41, 5.74) is 0. The van der Waals surface area contributed by atoms with Crippen molar-refractivity contribution in [2.45, 2.75) is 25.9 Å². The van der Waals surface area contributed by atoms with Gasteiger partial charge in [-0.25, -0.2) is 0 Å². The molecule has 0 amide bonds. The number of rotatable bonds is 2. The first-order valence-corrected chi connectivity index (χ1v) is 7.31. The van der Waals surface area contributed by atoms with Gasteiger partial charge in [0.15, 0.2) is 0 Å². The molecule has 18 heavy (non-hydrogen) atoms. The molecule has 1 atom stereocenters. The fourth-order valence-electron chi connectivity index (χ4n) is 2.22. The summed E-state index contributed by atoms with van der Waals surface area (Å²) in [6.45, 7) is 11.1. The molecule has 108 valence electrons. The second-order valence-corrected chi connectivity index (χ2v) is 5.11. The summed E-state index contributed by atoms with van der Waals surface area (Å²) in [4.78, 5) is 2.35. The molecule has 1 saturated heterocycles. The maximum absolute atomic E-state index is 9.49. The summed E-state index contributed by atoms with van der Waals surface area (Å²) < 4.78 is 0. The van der Waals surface area contributed by atoms with Crippen molar-refractivity contribution < 1.29 is 5.11 Å². The zero-order valence-electron chi connectivity index (χ0n) is 11.7. The number of hydrogen-bond donors (Lipinski definition) is 4. The minimum atomic E-state index is -0.235. The molecule has 0 spiro atoms. The lowest BCUT2D eigenvalue weighted by atomic mass is 10.3. The van der Waals surface area contributed by atoms with Crippen molar-refractivity contribution in [1.29, 1.82) is 0 Å². The highest BCUT2D eigenvalue weighted by Gasteiger charge is 2.07. The van der Waals surface area contributed by atoms with Crippen molar-refractivity contribution in [3.63, 3.8) is 0 Å². The Morgan fingerprint density at radius 1 is 0.889 bits per heavy atom. The lowest BCUT2D eigenvalue weighted by molar-refractivity contribution is 0.126. The Bertz CT molecular complexity index is 176. The van der Waals surface area contributed by atoms with Crippen LogP contribution in [0.1, 0.15) is 19.8 Å². The van der Waals surface area contributed by atoms with Gasteiger partial charge in [-0.05, 0) is 45.9 Å². The second-order valence-electron chi connectivity index (χ2n) is 5.11. The minimum Gasteiger partial charge on any atom is -0.392 e. The van der Waals surface area contributed by atoms with E-state index >= 15 is 0 Å². The zero-order valence-corrected chi connectivity index (χ0v) is 11.7. The van der Waals surface area contributed by atoms with Crippen LogP contribution in [0.25, 0.3) is 0 Å². The van der Waals surface area contributed by atoms with Crippen LogP contribution in [0.3, 0.4) is 0 Å². The van der Waals surface area contributed by atoms with E-state index in [1.807, 2.05) is 6.92 Å². The van der Waals surface area contributed by atoms with Crippen LogP contribution >= 0.6 is 0 Å².